The van der Waals surface area contributed by atoms with Crippen molar-refractivity contribution < 1.29 is 0 Å². The van der Waals surface area contributed by atoms with Crippen LogP contribution in [0.5, 0.6) is 0 Å². The molecule has 0 radical (unpaired) electrons. The summed E-state index contributed by atoms with van der Waals surface area (Å²) in [6.07, 6.45) is 0. The summed E-state index contributed by atoms with van der Waals surface area (Å²) < 4.78 is 0. The fourth-order valence-electron chi connectivity index (χ4n) is 8.49. The minimum Gasteiger partial charge on any atom is -0.310 e. The average Bonchev–Trinajstić information content (AvgIpc) is 3.25. The highest BCUT2D eigenvalue weighted by atomic mass is 32.2. The molecule has 0 fully saturated rings. The first kappa shape index (κ1) is 31.7. The summed E-state index contributed by atoms with van der Waals surface area (Å²) >= 11 is 1.88. The highest BCUT2D eigenvalue weighted by Gasteiger charge is 2.24. The van der Waals surface area contributed by atoms with Gasteiger partial charge in [-0.1, -0.05) is 145 Å². The minimum absolute atomic E-state index is 1.13. The predicted octanol–water partition coefficient (Wildman–Crippen LogP) is 15.4. The maximum Gasteiger partial charge on any atom is 0.0540 e. The topological polar surface area (TPSA) is 6.48 Å². The van der Waals surface area contributed by atoms with E-state index in [1.807, 2.05) is 11.8 Å². The summed E-state index contributed by atoms with van der Waals surface area (Å²) in [5.74, 6) is 0. The van der Waals surface area contributed by atoms with E-state index in [0.717, 1.165) is 22.7 Å². The molecule has 0 bridgehead atoms. The summed E-state index contributed by atoms with van der Waals surface area (Å²) in [7, 11) is 0. The standard InChI is InChI=1S/C52H34N2S/c1-3-18-38(19-4-1)53(48-25-11-16-35-14-7-9-22-42(35)48)40-29-28-37-32-47-44-31-30-41(34-51(44)55-50-27-13-24-45(52(47)50)46(37)33-40)54(39-20-5-2-6-21-39)49-26-12-17-36-15-8-10-23-43(36)49/h1-34H. The predicted molar refractivity (Wildman–Crippen MR) is 235 cm³/mol. The molecule has 10 aromatic carbocycles. The second-order valence-corrected chi connectivity index (χ2v) is 15.2. The van der Waals surface area contributed by atoms with Crippen molar-refractivity contribution in [1.82, 2.24) is 0 Å². The number of rotatable bonds is 6. The summed E-state index contributed by atoms with van der Waals surface area (Å²) in [5.41, 5.74) is 9.45. The third-order valence-electron chi connectivity index (χ3n) is 11.0. The molecule has 0 spiro atoms. The summed E-state index contributed by atoms with van der Waals surface area (Å²) in [6, 6.07) is 75.2. The smallest absolute Gasteiger partial charge is 0.0540 e. The monoisotopic (exact) mass is 718 g/mol. The maximum atomic E-state index is 2.41. The molecule has 1 aliphatic heterocycles. The van der Waals surface area contributed by atoms with Crippen molar-refractivity contribution in [1.29, 1.82) is 0 Å². The molecule has 0 aromatic heterocycles. The summed E-state index contributed by atoms with van der Waals surface area (Å²) in [6.45, 7) is 0. The Morgan fingerprint density at radius 2 is 0.818 bits per heavy atom. The lowest BCUT2D eigenvalue weighted by Crippen LogP contribution is -2.11. The van der Waals surface area contributed by atoms with Gasteiger partial charge in [0.1, 0.15) is 0 Å². The van der Waals surface area contributed by atoms with Gasteiger partial charge in [-0.3, -0.25) is 0 Å². The zero-order chi connectivity index (χ0) is 36.3. The van der Waals surface area contributed by atoms with E-state index in [9.17, 15) is 0 Å². The van der Waals surface area contributed by atoms with Crippen LogP contribution < -0.4 is 9.80 Å². The number of anilines is 6. The molecule has 1 heterocycles. The van der Waals surface area contributed by atoms with Gasteiger partial charge in [-0.25, -0.2) is 0 Å². The van der Waals surface area contributed by atoms with Crippen LogP contribution in [0.2, 0.25) is 0 Å². The molecule has 0 saturated heterocycles. The van der Waals surface area contributed by atoms with E-state index in [0.29, 0.717) is 0 Å². The van der Waals surface area contributed by atoms with E-state index < -0.39 is 0 Å². The van der Waals surface area contributed by atoms with E-state index >= 15 is 0 Å². The van der Waals surface area contributed by atoms with Crippen LogP contribution >= 0.6 is 11.8 Å². The van der Waals surface area contributed by atoms with Gasteiger partial charge in [0.05, 0.1) is 11.4 Å². The molecule has 0 saturated carbocycles. The number of hydrogen-bond donors (Lipinski definition) is 0. The van der Waals surface area contributed by atoms with Crippen molar-refractivity contribution in [2.75, 3.05) is 9.80 Å². The molecular weight excluding hydrogens is 685 g/mol. The second-order valence-electron chi connectivity index (χ2n) is 14.1. The third kappa shape index (κ3) is 5.27. The average molecular weight is 719 g/mol. The van der Waals surface area contributed by atoms with Crippen LogP contribution in [0.4, 0.5) is 34.1 Å². The molecule has 0 aliphatic carbocycles. The molecule has 10 aromatic rings. The van der Waals surface area contributed by atoms with Crippen LogP contribution in [0.25, 0.3) is 54.2 Å². The number of para-hydroxylation sites is 2. The van der Waals surface area contributed by atoms with Gasteiger partial charge < -0.3 is 9.80 Å². The lowest BCUT2D eigenvalue weighted by molar-refractivity contribution is 1.27. The van der Waals surface area contributed by atoms with E-state index in [1.54, 1.807) is 0 Å². The Morgan fingerprint density at radius 1 is 0.291 bits per heavy atom. The lowest BCUT2D eigenvalue weighted by atomic mass is 9.92. The van der Waals surface area contributed by atoms with Crippen LogP contribution in [0, 0.1) is 0 Å². The van der Waals surface area contributed by atoms with Gasteiger partial charge in [0.15, 0.2) is 0 Å². The second kappa shape index (κ2) is 12.9. The van der Waals surface area contributed by atoms with Crippen LogP contribution in [0.3, 0.4) is 0 Å². The van der Waals surface area contributed by atoms with Crippen LogP contribution in [0.15, 0.2) is 216 Å². The number of benzene rings is 10. The fourth-order valence-corrected chi connectivity index (χ4v) is 9.66. The van der Waals surface area contributed by atoms with Gasteiger partial charge in [0.25, 0.3) is 0 Å². The van der Waals surface area contributed by atoms with Crippen molar-refractivity contribution in [3.05, 3.63) is 206 Å². The molecule has 0 atom stereocenters. The van der Waals surface area contributed by atoms with Crippen LogP contribution in [-0.4, -0.2) is 0 Å². The number of hydrogen-bond acceptors (Lipinski definition) is 3. The molecule has 1 aliphatic rings. The summed E-state index contributed by atoms with van der Waals surface area (Å²) in [4.78, 5) is 7.35. The van der Waals surface area contributed by atoms with Crippen LogP contribution in [0.1, 0.15) is 0 Å². The first-order valence-electron chi connectivity index (χ1n) is 18.8. The quantitative estimate of drug-likeness (QED) is 0.158. The maximum absolute atomic E-state index is 2.41. The lowest BCUT2D eigenvalue weighted by Gasteiger charge is -2.29. The number of fused-ring (bicyclic) bond motifs is 6. The van der Waals surface area contributed by atoms with Crippen molar-refractivity contribution in [2.24, 2.45) is 0 Å². The molecule has 11 rings (SSSR count). The minimum atomic E-state index is 1.13. The highest BCUT2D eigenvalue weighted by molar-refractivity contribution is 7.99. The molecule has 258 valence electrons. The van der Waals surface area contributed by atoms with E-state index in [1.165, 1.54) is 75.4 Å². The van der Waals surface area contributed by atoms with Gasteiger partial charge in [-0.15, -0.1) is 0 Å². The van der Waals surface area contributed by atoms with Gasteiger partial charge >= 0.3 is 0 Å². The van der Waals surface area contributed by atoms with Crippen molar-refractivity contribution in [2.45, 2.75) is 9.79 Å². The van der Waals surface area contributed by atoms with E-state index in [2.05, 4.69) is 216 Å². The van der Waals surface area contributed by atoms with E-state index in [-0.39, 0.29) is 0 Å². The Bertz CT molecular complexity index is 3070. The first-order chi connectivity index (χ1) is 27.3. The molecule has 2 nitrogen and oxygen atoms in total. The zero-order valence-corrected chi connectivity index (χ0v) is 30.7. The molecule has 0 unspecified atom stereocenters. The Balaban J connectivity index is 1.07. The molecular formula is C52H34N2S. The Morgan fingerprint density at radius 3 is 1.47 bits per heavy atom. The fraction of sp³-hybridized carbons (Fsp3) is 0. The van der Waals surface area contributed by atoms with Gasteiger partial charge in [-0.05, 0) is 111 Å². The van der Waals surface area contributed by atoms with Gasteiger partial charge in [0, 0.05) is 48.7 Å². The molecule has 55 heavy (non-hydrogen) atoms. The summed E-state index contributed by atoms with van der Waals surface area (Å²) in [5, 5.41) is 10.0. The molecule has 0 N–H and O–H groups in total. The molecule has 0 amide bonds. The first-order valence-corrected chi connectivity index (χ1v) is 19.6. The third-order valence-corrected chi connectivity index (χ3v) is 12.1. The van der Waals surface area contributed by atoms with Crippen molar-refractivity contribution >= 4 is 89.0 Å². The Labute approximate surface area is 324 Å². The largest absolute Gasteiger partial charge is 0.310 e. The van der Waals surface area contributed by atoms with E-state index in [4.69, 9.17) is 0 Å². The van der Waals surface area contributed by atoms with Gasteiger partial charge in [-0.2, -0.15) is 0 Å². The van der Waals surface area contributed by atoms with Crippen LogP contribution in [-0.2, 0) is 0 Å². The SMILES string of the molecule is c1ccc(N(c2ccc3c(c2)Sc2cccc4c2c-3cc2ccc(N(c3ccccc3)c3cccc5ccccc35)cc24)c2cccc3ccccc23)cc1. The normalized spacial score (nSPS) is 11.9. The highest BCUT2D eigenvalue weighted by Crippen LogP contribution is 2.52. The Kier molecular flexibility index (Phi) is 7.46. The Hall–Kier alpha value is -6.81. The van der Waals surface area contributed by atoms with Gasteiger partial charge in [0.2, 0.25) is 0 Å². The van der Waals surface area contributed by atoms with Crippen molar-refractivity contribution in [3.8, 4) is 11.1 Å². The molecule has 3 heteroatoms. The zero-order valence-electron chi connectivity index (χ0n) is 29.9. The number of nitrogens with zero attached hydrogens (tertiary/aromatic N) is 2. The van der Waals surface area contributed by atoms with Crippen molar-refractivity contribution in [3.63, 3.8) is 0 Å².